The molecule has 3 atom stereocenters. The van der Waals surface area contributed by atoms with E-state index in [9.17, 15) is 5.11 Å². The third kappa shape index (κ3) is 4.88. The summed E-state index contributed by atoms with van der Waals surface area (Å²) >= 11 is 0. The van der Waals surface area contributed by atoms with E-state index in [0.717, 1.165) is 57.3 Å². The van der Waals surface area contributed by atoms with Crippen LogP contribution < -0.4 is 5.32 Å². The molecule has 0 bridgehead atoms. The number of nitrogens with one attached hydrogen (secondary N) is 1. The number of aliphatic hydroxyl groups is 1. The lowest BCUT2D eigenvalue weighted by Gasteiger charge is -2.37. The Hall–Kier alpha value is -0.810. The van der Waals surface area contributed by atoms with Gasteiger partial charge in [0.05, 0.1) is 12.6 Å². The minimum atomic E-state index is -0.200. The van der Waals surface area contributed by atoms with Gasteiger partial charge in [-0.3, -0.25) is 4.99 Å². The first kappa shape index (κ1) is 19.0. The summed E-state index contributed by atoms with van der Waals surface area (Å²) in [6.45, 7) is 12.1. The molecule has 3 aliphatic rings. The molecule has 1 saturated carbocycles. The van der Waals surface area contributed by atoms with Gasteiger partial charge in [-0.05, 0) is 58.0 Å². The predicted octanol–water partition coefficient (Wildman–Crippen LogP) is 2.31. The molecule has 1 aliphatic carbocycles. The van der Waals surface area contributed by atoms with Gasteiger partial charge in [-0.1, -0.05) is 19.8 Å². The highest BCUT2D eigenvalue weighted by Crippen LogP contribution is 2.36. The maximum Gasteiger partial charge on any atom is 0.193 e. The van der Waals surface area contributed by atoms with E-state index in [1.807, 2.05) is 0 Å². The van der Waals surface area contributed by atoms with Crippen molar-refractivity contribution in [3.63, 3.8) is 0 Å². The molecule has 25 heavy (non-hydrogen) atoms. The van der Waals surface area contributed by atoms with Gasteiger partial charge in [-0.15, -0.1) is 0 Å². The Kier molecular flexibility index (Phi) is 6.61. The second kappa shape index (κ2) is 8.72. The Morgan fingerprint density at radius 3 is 2.68 bits per heavy atom. The molecule has 0 amide bonds. The summed E-state index contributed by atoms with van der Waals surface area (Å²) in [5.74, 6) is 1.84. The van der Waals surface area contributed by atoms with Crippen LogP contribution in [0.2, 0.25) is 0 Å². The van der Waals surface area contributed by atoms with Gasteiger partial charge in [0.2, 0.25) is 0 Å². The zero-order valence-corrected chi connectivity index (χ0v) is 16.3. The Balaban J connectivity index is 1.56. The smallest absolute Gasteiger partial charge is 0.193 e. The molecule has 2 heterocycles. The van der Waals surface area contributed by atoms with E-state index in [-0.39, 0.29) is 11.5 Å². The molecule has 5 nitrogen and oxygen atoms in total. The number of aliphatic hydroxyl groups excluding tert-OH is 1. The standard InChI is InChI=1S/C20H38N4O/c1-3-21-19(22-16-20(2)10-5-4-8-18(20)25)24-13-9-17(15-24)14-23-11-6-7-12-23/h17-18,25H,3-16H2,1-2H3,(H,21,22). The van der Waals surface area contributed by atoms with Gasteiger partial charge in [0.25, 0.3) is 0 Å². The number of hydrogen-bond donors (Lipinski definition) is 2. The number of aliphatic imine (C=N–C) groups is 1. The largest absolute Gasteiger partial charge is 0.392 e. The maximum absolute atomic E-state index is 10.4. The molecule has 0 aromatic rings. The fourth-order valence-corrected chi connectivity index (χ4v) is 4.75. The van der Waals surface area contributed by atoms with Crippen molar-refractivity contribution in [1.82, 2.24) is 15.1 Å². The van der Waals surface area contributed by atoms with E-state index in [0.29, 0.717) is 0 Å². The summed E-state index contributed by atoms with van der Waals surface area (Å²) < 4.78 is 0. The predicted molar refractivity (Wildman–Crippen MR) is 104 cm³/mol. The van der Waals surface area contributed by atoms with Crippen LogP contribution in [0.1, 0.15) is 58.8 Å². The van der Waals surface area contributed by atoms with E-state index >= 15 is 0 Å². The Morgan fingerprint density at radius 1 is 1.16 bits per heavy atom. The van der Waals surface area contributed by atoms with E-state index in [1.54, 1.807) is 0 Å². The van der Waals surface area contributed by atoms with Crippen LogP contribution in [-0.4, -0.2) is 72.8 Å². The van der Waals surface area contributed by atoms with Crippen molar-refractivity contribution in [2.45, 2.75) is 64.9 Å². The zero-order chi connectivity index (χ0) is 17.7. The first-order valence-electron chi connectivity index (χ1n) is 10.5. The summed E-state index contributed by atoms with van der Waals surface area (Å²) in [4.78, 5) is 10.0. The van der Waals surface area contributed by atoms with Crippen molar-refractivity contribution in [3.05, 3.63) is 0 Å². The van der Waals surface area contributed by atoms with Gasteiger partial charge < -0.3 is 20.2 Å². The van der Waals surface area contributed by atoms with Crippen LogP contribution >= 0.6 is 0 Å². The van der Waals surface area contributed by atoms with Gasteiger partial charge in [-0.2, -0.15) is 0 Å². The summed E-state index contributed by atoms with van der Waals surface area (Å²) in [5.41, 5.74) is -0.0480. The van der Waals surface area contributed by atoms with Crippen molar-refractivity contribution in [2.24, 2.45) is 16.3 Å². The molecule has 0 aromatic carbocycles. The average molecular weight is 351 g/mol. The van der Waals surface area contributed by atoms with Gasteiger partial charge in [0.1, 0.15) is 0 Å². The molecule has 0 aromatic heterocycles. The summed E-state index contributed by atoms with van der Waals surface area (Å²) in [5, 5.41) is 13.9. The molecule has 2 aliphatic heterocycles. The zero-order valence-electron chi connectivity index (χ0n) is 16.3. The van der Waals surface area contributed by atoms with Crippen LogP contribution in [0.4, 0.5) is 0 Å². The summed E-state index contributed by atoms with van der Waals surface area (Å²) in [6.07, 6.45) is 8.24. The molecule has 2 N–H and O–H groups in total. The van der Waals surface area contributed by atoms with Crippen molar-refractivity contribution < 1.29 is 5.11 Å². The Bertz CT molecular complexity index is 449. The summed E-state index contributed by atoms with van der Waals surface area (Å²) in [6, 6.07) is 0. The van der Waals surface area contributed by atoms with Gasteiger partial charge in [0.15, 0.2) is 5.96 Å². The molecule has 0 radical (unpaired) electrons. The third-order valence-electron chi connectivity index (χ3n) is 6.51. The molecular weight excluding hydrogens is 312 g/mol. The van der Waals surface area contributed by atoms with Crippen LogP contribution in [0.25, 0.3) is 0 Å². The first-order chi connectivity index (χ1) is 12.1. The molecule has 3 rings (SSSR count). The minimum absolute atomic E-state index is 0.0480. The van der Waals surface area contributed by atoms with Crippen molar-refractivity contribution in [2.75, 3.05) is 45.8 Å². The second-order valence-corrected chi connectivity index (χ2v) is 8.69. The van der Waals surface area contributed by atoms with Crippen LogP contribution in [0, 0.1) is 11.3 Å². The normalized spacial score (nSPS) is 34.7. The van der Waals surface area contributed by atoms with Crippen LogP contribution in [-0.2, 0) is 0 Å². The number of guanidine groups is 1. The molecule has 2 saturated heterocycles. The molecule has 3 unspecified atom stereocenters. The lowest BCUT2D eigenvalue weighted by atomic mass is 9.73. The lowest BCUT2D eigenvalue weighted by Crippen LogP contribution is -2.43. The topological polar surface area (TPSA) is 51.1 Å². The molecule has 0 spiro atoms. The fourth-order valence-electron chi connectivity index (χ4n) is 4.75. The van der Waals surface area contributed by atoms with Gasteiger partial charge in [-0.25, -0.2) is 0 Å². The molecule has 144 valence electrons. The number of nitrogens with zero attached hydrogens (tertiary/aromatic N) is 3. The number of likely N-dealkylation sites (tertiary alicyclic amines) is 2. The van der Waals surface area contributed by atoms with Crippen LogP contribution in [0.15, 0.2) is 4.99 Å². The van der Waals surface area contributed by atoms with Crippen LogP contribution in [0.5, 0.6) is 0 Å². The van der Waals surface area contributed by atoms with E-state index in [1.165, 1.54) is 45.3 Å². The quantitative estimate of drug-likeness (QED) is 0.590. The lowest BCUT2D eigenvalue weighted by molar-refractivity contribution is 0.00705. The summed E-state index contributed by atoms with van der Waals surface area (Å²) in [7, 11) is 0. The minimum Gasteiger partial charge on any atom is -0.392 e. The van der Waals surface area contributed by atoms with Crippen molar-refractivity contribution in [3.8, 4) is 0 Å². The highest BCUT2D eigenvalue weighted by molar-refractivity contribution is 5.80. The maximum atomic E-state index is 10.4. The average Bonchev–Trinajstić information content (AvgIpc) is 3.27. The van der Waals surface area contributed by atoms with Crippen molar-refractivity contribution >= 4 is 5.96 Å². The molecule has 3 fully saturated rings. The monoisotopic (exact) mass is 350 g/mol. The van der Waals surface area contributed by atoms with Gasteiger partial charge >= 0.3 is 0 Å². The highest BCUT2D eigenvalue weighted by atomic mass is 16.3. The number of rotatable bonds is 5. The first-order valence-corrected chi connectivity index (χ1v) is 10.5. The van der Waals surface area contributed by atoms with Crippen LogP contribution in [0.3, 0.4) is 0 Å². The molecule has 5 heteroatoms. The highest BCUT2D eigenvalue weighted by Gasteiger charge is 2.35. The van der Waals surface area contributed by atoms with E-state index in [2.05, 4.69) is 29.0 Å². The van der Waals surface area contributed by atoms with Gasteiger partial charge in [0, 0.05) is 31.6 Å². The Morgan fingerprint density at radius 2 is 1.96 bits per heavy atom. The Labute approximate surface area is 153 Å². The van der Waals surface area contributed by atoms with E-state index < -0.39 is 0 Å². The number of hydrogen-bond acceptors (Lipinski definition) is 3. The third-order valence-corrected chi connectivity index (χ3v) is 6.51. The molecular formula is C20H38N4O. The SMILES string of the molecule is CCNC(=NCC1(C)CCCCC1O)N1CCC(CN2CCCC2)C1. The van der Waals surface area contributed by atoms with E-state index in [4.69, 9.17) is 4.99 Å². The van der Waals surface area contributed by atoms with Crippen molar-refractivity contribution in [1.29, 1.82) is 0 Å². The fraction of sp³-hybridized carbons (Fsp3) is 0.950. The second-order valence-electron chi connectivity index (χ2n) is 8.69.